The average molecular weight is 787 g/mol. The predicted octanol–water partition coefficient (Wildman–Crippen LogP) is 9.53. The van der Waals surface area contributed by atoms with Crippen LogP contribution in [0.25, 0.3) is 0 Å². The van der Waals surface area contributed by atoms with E-state index in [2.05, 4.69) is 42.7 Å². The zero-order valence-corrected chi connectivity index (χ0v) is 34.4. The van der Waals surface area contributed by atoms with Crippen LogP contribution >= 0.6 is 7.82 Å². The van der Waals surface area contributed by atoms with Crippen LogP contribution in [0.5, 0.6) is 0 Å². The van der Waals surface area contributed by atoms with Crippen molar-refractivity contribution in [2.24, 2.45) is 0 Å². The van der Waals surface area contributed by atoms with Gasteiger partial charge in [0.2, 0.25) is 0 Å². The van der Waals surface area contributed by atoms with Gasteiger partial charge in [-0.2, -0.15) is 0 Å². The number of ether oxygens (including phenoxy) is 2. The molecule has 2 unspecified atom stereocenters. The second kappa shape index (κ2) is 37.8. The van der Waals surface area contributed by atoms with E-state index in [4.69, 9.17) is 19.1 Å². The highest BCUT2D eigenvalue weighted by Crippen LogP contribution is 2.43. The van der Waals surface area contributed by atoms with Crippen molar-refractivity contribution in [3.63, 3.8) is 0 Å². The normalized spacial score (nSPS) is 15.0. The number of rotatable bonds is 38. The predicted molar refractivity (Wildman–Crippen MR) is 216 cm³/mol. The number of unbranched alkanes of at least 4 members (excludes halogenated alkanes) is 15. The maximum atomic E-state index is 12.6. The number of aliphatic hydroxyl groups excluding tert-OH is 3. The standard InChI is InChI=1S/C42H75O11P/c1-3-5-7-9-11-13-15-17-19-21-23-25-27-30-38(44)31-29-33-42(47)53-40(37-52-54(48,49)51-35-39(45)34-43)36-50-41(46)32-28-26-24-22-20-18-16-14-12-10-8-6-4-2/h14,16-17,19,23,25,27,30,38-40,43-45H,3-13,15,18,20-22,24,26,28-29,31-37H2,1-2H3,(H,48,49)/b16-14-,19-17+,25-23+,30-27+/t38?,39-,40+/m0/s1. The Bertz CT molecular complexity index is 1060. The van der Waals surface area contributed by atoms with Crippen LogP contribution in [0.3, 0.4) is 0 Å². The van der Waals surface area contributed by atoms with Gasteiger partial charge >= 0.3 is 19.8 Å². The summed E-state index contributed by atoms with van der Waals surface area (Å²) in [4.78, 5) is 34.9. The summed E-state index contributed by atoms with van der Waals surface area (Å²) < 4.78 is 32.5. The van der Waals surface area contributed by atoms with E-state index < -0.39 is 57.9 Å². The van der Waals surface area contributed by atoms with Crippen molar-refractivity contribution in [2.75, 3.05) is 26.4 Å². The number of hydrogen-bond donors (Lipinski definition) is 4. The number of aliphatic hydroxyl groups is 3. The molecule has 11 nitrogen and oxygen atoms in total. The first-order valence-electron chi connectivity index (χ1n) is 20.7. The Morgan fingerprint density at radius 3 is 1.80 bits per heavy atom. The Morgan fingerprint density at radius 1 is 0.630 bits per heavy atom. The number of esters is 2. The molecule has 0 amide bonds. The smallest absolute Gasteiger partial charge is 0.462 e. The van der Waals surface area contributed by atoms with Gasteiger partial charge in [-0.3, -0.25) is 18.6 Å². The molecule has 0 saturated heterocycles. The third-order valence-corrected chi connectivity index (χ3v) is 9.51. The maximum Gasteiger partial charge on any atom is 0.472 e. The Hall–Kier alpha value is -2.11. The zero-order valence-electron chi connectivity index (χ0n) is 33.5. The van der Waals surface area contributed by atoms with Gasteiger partial charge in [0.25, 0.3) is 0 Å². The summed E-state index contributed by atoms with van der Waals surface area (Å²) in [6.07, 6.45) is 35.4. The van der Waals surface area contributed by atoms with Crippen molar-refractivity contribution in [1.29, 1.82) is 0 Å². The van der Waals surface area contributed by atoms with Crippen molar-refractivity contribution in [2.45, 2.75) is 180 Å². The van der Waals surface area contributed by atoms with Crippen LogP contribution in [0.4, 0.5) is 0 Å². The minimum atomic E-state index is -4.67. The number of allylic oxidation sites excluding steroid dienone is 7. The molecule has 0 spiro atoms. The largest absolute Gasteiger partial charge is 0.472 e. The topological polar surface area (TPSA) is 169 Å². The molecule has 0 aromatic rings. The van der Waals surface area contributed by atoms with Crippen LogP contribution in [0.2, 0.25) is 0 Å². The lowest BCUT2D eigenvalue weighted by Gasteiger charge is -2.20. The van der Waals surface area contributed by atoms with Crippen molar-refractivity contribution < 1.29 is 52.9 Å². The molecule has 54 heavy (non-hydrogen) atoms. The van der Waals surface area contributed by atoms with Crippen LogP contribution in [0.1, 0.15) is 162 Å². The van der Waals surface area contributed by atoms with Crippen LogP contribution < -0.4 is 0 Å². The molecule has 12 heteroatoms. The molecular weight excluding hydrogens is 711 g/mol. The third kappa shape index (κ3) is 36.8. The Labute approximate surface area is 326 Å². The average Bonchev–Trinajstić information content (AvgIpc) is 3.15. The lowest BCUT2D eigenvalue weighted by molar-refractivity contribution is -0.161. The lowest BCUT2D eigenvalue weighted by Crippen LogP contribution is -2.30. The first-order chi connectivity index (χ1) is 26.1. The molecule has 0 saturated carbocycles. The van der Waals surface area contributed by atoms with Gasteiger partial charge < -0.3 is 29.7 Å². The quantitative estimate of drug-likeness (QED) is 0.0155. The van der Waals surface area contributed by atoms with Crippen molar-refractivity contribution in [3.8, 4) is 0 Å². The first-order valence-corrected chi connectivity index (χ1v) is 22.2. The molecular formula is C42H75O11P. The first kappa shape index (κ1) is 51.9. The van der Waals surface area contributed by atoms with Gasteiger partial charge in [-0.05, 0) is 64.2 Å². The second-order valence-electron chi connectivity index (χ2n) is 13.9. The number of carbonyl (C=O) groups is 2. The monoisotopic (exact) mass is 787 g/mol. The fraction of sp³-hybridized carbons (Fsp3) is 0.762. The van der Waals surface area contributed by atoms with E-state index in [0.717, 1.165) is 51.4 Å². The molecule has 0 aliphatic rings. The highest BCUT2D eigenvalue weighted by molar-refractivity contribution is 7.47. The van der Waals surface area contributed by atoms with E-state index in [0.29, 0.717) is 19.3 Å². The second-order valence-corrected chi connectivity index (χ2v) is 15.3. The number of phosphoric acid groups is 1. The van der Waals surface area contributed by atoms with Gasteiger partial charge in [0, 0.05) is 12.8 Å². The van der Waals surface area contributed by atoms with Crippen LogP contribution in [-0.4, -0.2) is 76.9 Å². The van der Waals surface area contributed by atoms with E-state index in [1.807, 2.05) is 12.2 Å². The fourth-order valence-corrected chi connectivity index (χ4v) is 6.08. The Kier molecular flexibility index (Phi) is 36.3. The van der Waals surface area contributed by atoms with Crippen LogP contribution in [0.15, 0.2) is 48.6 Å². The summed E-state index contributed by atoms with van der Waals surface area (Å²) in [6.45, 7) is 2.11. The summed E-state index contributed by atoms with van der Waals surface area (Å²) >= 11 is 0. The Morgan fingerprint density at radius 2 is 1.17 bits per heavy atom. The summed E-state index contributed by atoms with van der Waals surface area (Å²) in [6, 6.07) is 0. The fourth-order valence-electron chi connectivity index (χ4n) is 5.29. The molecule has 0 heterocycles. The van der Waals surface area contributed by atoms with E-state index in [1.54, 1.807) is 12.2 Å². The molecule has 0 rings (SSSR count). The summed E-state index contributed by atoms with van der Waals surface area (Å²) in [5, 5.41) is 28.6. The molecule has 0 radical (unpaired) electrons. The molecule has 0 aromatic heterocycles. The molecule has 4 N–H and O–H groups in total. The molecule has 0 aromatic carbocycles. The highest BCUT2D eigenvalue weighted by atomic mass is 31.2. The van der Waals surface area contributed by atoms with Gasteiger partial charge in [0.1, 0.15) is 12.7 Å². The minimum Gasteiger partial charge on any atom is -0.462 e. The number of carbonyl (C=O) groups excluding carboxylic acids is 2. The van der Waals surface area contributed by atoms with Gasteiger partial charge in [-0.1, -0.05) is 133 Å². The van der Waals surface area contributed by atoms with E-state index in [9.17, 15) is 29.3 Å². The van der Waals surface area contributed by atoms with E-state index in [-0.39, 0.29) is 19.4 Å². The zero-order chi connectivity index (χ0) is 40.0. The molecule has 0 aliphatic carbocycles. The van der Waals surface area contributed by atoms with Crippen LogP contribution in [0, 0.1) is 0 Å². The van der Waals surface area contributed by atoms with Crippen molar-refractivity contribution in [1.82, 2.24) is 0 Å². The van der Waals surface area contributed by atoms with Crippen LogP contribution in [-0.2, 0) is 32.7 Å². The van der Waals surface area contributed by atoms with E-state index >= 15 is 0 Å². The minimum absolute atomic E-state index is 0.0423. The molecule has 0 bridgehead atoms. The molecule has 4 atom stereocenters. The summed E-state index contributed by atoms with van der Waals surface area (Å²) in [7, 11) is -4.67. The molecule has 0 fully saturated rings. The summed E-state index contributed by atoms with van der Waals surface area (Å²) in [5.41, 5.74) is 0. The maximum absolute atomic E-state index is 12.6. The van der Waals surface area contributed by atoms with Crippen molar-refractivity contribution in [3.05, 3.63) is 48.6 Å². The SMILES string of the molecule is CCCCCC/C=C\CCCCCCCC(=O)OC[C@H](COP(=O)(O)OC[C@@H](O)CO)OC(=O)CCCC(O)/C=C/C=C/C/C=C/CCCCCCCC. The third-order valence-electron chi connectivity index (χ3n) is 8.56. The Balaban J connectivity index is 4.55. The molecule has 0 aliphatic heterocycles. The summed E-state index contributed by atoms with van der Waals surface area (Å²) in [5.74, 6) is -1.14. The van der Waals surface area contributed by atoms with Gasteiger partial charge in [-0.25, -0.2) is 4.57 Å². The van der Waals surface area contributed by atoms with Gasteiger partial charge in [-0.15, -0.1) is 0 Å². The number of phosphoric ester groups is 1. The highest BCUT2D eigenvalue weighted by Gasteiger charge is 2.27. The number of hydrogen-bond acceptors (Lipinski definition) is 10. The molecule has 314 valence electrons. The van der Waals surface area contributed by atoms with E-state index in [1.165, 1.54) is 64.2 Å². The van der Waals surface area contributed by atoms with Gasteiger partial charge in [0.05, 0.1) is 25.9 Å². The lowest BCUT2D eigenvalue weighted by atomic mass is 10.1. The van der Waals surface area contributed by atoms with Crippen molar-refractivity contribution >= 4 is 19.8 Å². The van der Waals surface area contributed by atoms with Gasteiger partial charge in [0.15, 0.2) is 6.10 Å².